The molecule has 1 saturated carbocycles. The summed E-state index contributed by atoms with van der Waals surface area (Å²) in [6.45, 7) is 5.89. The monoisotopic (exact) mass is 185 g/mol. The Kier molecular flexibility index (Phi) is 4.74. The summed E-state index contributed by atoms with van der Waals surface area (Å²) in [4.78, 5) is 0. The minimum absolute atomic E-state index is 0.266. The third kappa shape index (κ3) is 3.65. The lowest BCUT2D eigenvalue weighted by atomic mass is 9.79. The van der Waals surface area contributed by atoms with Crippen LogP contribution in [0.15, 0.2) is 0 Å². The normalized spacial score (nSPS) is 31.6. The second kappa shape index (κ2) is 5.61. The third-order valence-electron chi connectivity index (χ3n) is 3.10. The van der Waals surface area contributed by atoms with E-state index in [0.29, 0.717) is 5.92 Å². The Morgan fingerprint density at radius 2 is 2.23 bits per heavy atom. The molecule has 1 aliphatic rings. The maximum Gasteiger partial charge on any atom is 0.0620 e. The minimum Gasteiger partial charge on any atom is -0.380 e. The lowest BCUT2D eigenvalue weighted by molar-refractivity contribution is 0.101. The molecule has 0 bridgehead atoms. The maximum atomic E-state index is 6.07. The van der Waals surface area contributed by atoms with Crippen molar-refractivity contribution in [2.45, 2.75) is 45.6 Å². The first kappa shape index (κ1) is 11.0. The van der Waals surface area contributed by atoms with E-state index in [2.05, 4.69) is 6.92 Å². The third-order valence-corrected chi connectivity index (χ3v) is 3.10. The van der Waals surface area contributed by atoms with E-state index in [9.17, 15) is 0 Å². The molecule has 0 spiro atoms. The lowest BCUT2D eigenvalue weighted by Crippen LogP contribution is -2.37. The van der Waals surface area contributed by atoms with Gasteiger partial charge in [-0.05, 0) is 31.6 Å². The van der Waals surface area contributed by atoms with Gasteiger partial charge in [-0.2, -0.15) is 0 Å². The Hall–Kier alpha value is -0.0800. The topological polar surface area (TPSA) is 35.2 Å². The Morgan fingerprint density at radius 3 is 2.85 bits per heavy atom. The van der Waals surface area contributed by atoms with Crippen molar-refractivity contribution in [1.29, 1.82) is 0 Å². The summed E-state index contributed by atoms with van der Waals surface area (Å²) < 4.78 is 5.36. The zero-order valence-electron chi connectivity index (χ0n) is 8.96. The smallest absolute Gasteiger partial charge is 0.0620 e. The van der Waals surface area contributed by atoms with E-state index < -0.39 is 0 Å². The fraction of sp³-hybridized carbons (Fsp3) is 1.00. The van der Waals surface area contributed by atoms with E-state index in [1.54, 1.807) is 0 Å². The molecule has 13 heavy (non-hydrogen) atoms. The predicted octanol–water partition coefficient (Wildman–Crippen LogP) is 2.18. The molecule has 1 aliphatic carbocycles. The van der Waals surface area contributed by atoms with Gasteiger partial charge < -0.3 is 10.5 Å². The van der Waals surface area contributed by atoms with Gasteiger partial charge in [0.15, 0.2) is 0 Å². The number of ether oxygens (including phenoxy) is 1. The Morgan fingerprint density at radius 1 is 1.46 bits per heavy atom. The van der Waals surface area contributed by atoms with Crippen LogP contribution in [0, 0.1) is 11.8 Å². The highest BCUT2D eigenvalue weighted by atomic mass is 16.5. The van der Waals surface area contributed by atoms with Crippen molar-refractivity contribution < 1.29 is 4.74 Å². The molecule has 1 rings (SSSR count). The van der Waals surface area contributed by atoms with Crippen molar-refractivity contribution in [1.82, 2.24) is 0 Å². The molecule has 2 nitrogen and oxygen atoms in total. The molecule has 2 heteroatoms. The molecule has 0 aromatic heterocycles. The molecule has 2 N–H and O–H groups in total. The molecular formula is C11H23NO. The van der Waals surface area contributed by atoms with Crippen LogP contribution in [0.2, 0.25) is 0 Å². The van der Waals surface area contributed by atoms with E-state index in [1.165, 1.54) is 25.7 Å². The fourth-order valence-corrected chi connectivity index (χ4v) is 2.26. The van der Waals surface area contributed by atoms with Gasteiger partial charge in [-0.25, -0.2) is 0 Å². The van der Waals surface area contributed by atoms with E-state index in [1.807, 2.05) is 6.92 Å². The summed E-state index contributed by atoms with van der Waals surface area (Å²) in [5, 5.41) is 0. The van der Waals surface area contributed by atoms with Gasteiger partial charge in [-0.1, -0.05) is 19.8 Å². The highest BCUT2D eigenvalue weighted by molar-refractivity contribution is 4.78. The largest absolute Gasteiger partial charge is 0.380 e. The van der Waals surface area contributed by atoms with E-state index in [0.717, 1.165) is 19.1 Å². The van der Waals surface area contributed by atoms with Crippen LogP contribution in [0.4, 0.5) is 0 Å². The van der Waals surface area contributed by atoms with Crippen LogP contribution in [-0.2, 0) is 4.74 Å². The van der Waals surface area contributed by atoms with Gasteiger partial charge in [0.25, 0.3) is 0 Å². The van der Waals surface area contributed by atoms with E-state index in [4.69, 9.17) is 10.5 Å². The second-order valence-electron chi connectivity index (χ2n) is 4.36. The number of rotatable bonds is 4. The number of nitrogens with two attached hydrogens (primary N) is 1. The van der Waals surface area contributed by atoms with Crippen molar-refractivity contribution in [3.05, 3.63) is 0 Å². The van der Waals surface area contributed by atoms with Gasteiger partial charge in [0, 0.05) is 12.6 Å². The van der Waals surface area contributed by atoms with Gasteiger partial charge in [0.1, 0.15) is 0 Å². The van der Waals surface area contributed by atoms with Crippen molar-refractivity contribution in [2.75, 3.05) is 13.2 Å². The summed E-state index contributed by atoms with van der Waals surface area (Å²) in [5.74, 6) is 1.57. The summed E-state index contributed by atoms with van der Waals surface area (Å²) in [5.41, 5.74) is 6.07. The highest BCUT2D eigenvalue weighted by Gasteiger charge is 2.23. The van der Waals surface area contributed by atoms with Gasteiger partial charge in [-0.3, -0.25) is 0 Å². The molecular weight excluding hydrogens is 162 g/mol. The summed E-state index contributed by atoms with van der Waals surface area (Å²) in [6, 6.07) is 0.266. The molecule has 0 aromatic carbocycles. The van der Waals surface area contributed by atoms with Gasteiger partial charge in [0.2, 0.25) is 0 Å². The molecule has 0 saturated heterocycles. The van der Waals surface area contributed by atoms with Crippen molar-refractivity contribution >= 4 is 0 Å². The number of hydrogen-bond acceptors (Lipinski definition) is 2. The first-order valence-corrected chi connectivity index (χ1v) is 5.57. The molecule has 3 unspecified atom stereocenters. The molecule has 1 fully saturated rings. The standard InChI is InChI=1S/C11H23NO/c1-3-13-8-11(12)10-6-4-5-9(2)7-10/h9-11H,3-8,12H2,1-2H3. The zero-order valence-corrected chi connectivity index (χ0v) is 8.96. The van der Waals surface area contributed by atoms with Crippen LogP contribution in [0.5, 0.6) is 0 Å². The summed E-state index contributed by atoms with van der Waals surface area (Å²) in [7, 11) is 0. The van der Waals surface area contributed by atoms with Crippen LogP contribution in [-0.4, -0.2) is 19.3 Å². The van der Waals surface area contributed by atoms with Crippen LogP contribution in [0.3, 0.4) is 0 Å². The SMILES string of the molecule is CCOCC(N)C1CCCC(C)C1. The van der Waals surface area contributed by atoms with Crippen LogP contribution in [0.1, 0.15) is 39.5 Å². The predicted molar refractivity (Wildman–Crippen MR) is 55.6 cm³/mol. The Balaban J connectivity index is 2.24. The highest BCUT2D eigenvalue weighted by Crippen LogP contribution is 2.30. The van der Waals surface area contributed by atoms with Gasteiger partial charge in [-0.15, -0.1) is 0 Å². The summed E-state index contributed by atoms with van der Waals surface area (Å²) in [6.07, 6.45) is 5.34. The van der Waals surface area contributed by atoms with Crippen LogP contribution < -0.4 is 5.73 Å². The molecule has 0 radical (unpaired) electrons. The van der Waals surface area contributed by atoms with Crippen LogP contribution >= 0.6 is 0 Å². The van der Waals surface area contributed by atoms with Crippen molar-refractivity contribution in [2.24, 2.45) is 17.6 Å². The van der Waals surface area contributed by atoms with Crippen molar-refractivity contribution in [3.63, 3.8) is 0 Å². The van der Waals surface area contributed by atoms with Crippen molar-refractivity contribution in [3.8, 4) is 0 Å². The van der Waals surface area contributed by atoms with E-state index in [-0.39, 0.29) is 6.04 Å². The minimum atomic E-state index is 0.266. The molecule has 0 amide bonds. The summed E-state index contributed by atoms with van der Waals surface area (Å²) >= 11 is 0. The average Bonchev–Trinajstić information content (AvgIpc) is 2.14. The van der Waals surface area contributed by atoms with Gasteiger partial charge >= 0.3 is 0 Å². The maximum absolute atomic E-state index is 6.07. The lowest BCUT2D eigenvalue weighted by Gasteiger charge is -2.30. The van der Waals surface area contributed by atoms with Gasteiger partial charge in [0.05, 0.1) is 6.61 Å². The Bertz CT molecular complexity index is 138. The van der Waals surface area contributed by atoms with E-state index >= 15 is 0 Å². The molecule has 3 atom stereocenters. The second-order valence-corrected chi connectivity index (χ2v) is 4.36. The number of hydrogen-bond donors (Lipinski definition) is 1. The quantitative estimate of drug-likeness (QED) is 0.728. The van der Waals surface area contributed by atoms with Crippen LogP contribution in [0.25, 0.3) is 0 Å². The molecule has 0 heterocycles. The average molecular weight is 185 g/mol. The fourth-order valence-electron chi connectivity index (χ4n) is 2.26. The first-order chi connectivity index (χ1) is 6.24. The molecule has 0 aromatic rings. The zero-order chi connectivity index (χ0) is 9.68. The molecule has 0 aliphatic heterocycles. The Labute approximate surface area is 81.8 Å². The first-order valence-electron chi connectivity index (χ1n) is 5.57. The molecule has 78 valence electrons.